The quantitative estimate of drug-likeness (QED) is 0.836. The fourth-order valence-electron chi connectivity index (χ4n) is 1.99. The largest absolute Gasteiger partial charge is 0.480 e. The minimum Gasteiger partial charge on any atom is -0.480 e. The highest BCUT2D eigenvalue weighted by Crippen LogP contribution is 2.15. The molecule has 0 radical (unpaired) electrons. The number of carbonyl (C=O) groups excluding carboxylic acids is 1. The predicted octanol–water partition coefficient (Wildman–Crippen LogP) is 1.66. The Bertz CT molecular complexity index is 712. The molecule has 1 amide bonds. The molecule has 0 aliphatic rings. The fourth-order valence-corrected chi connectivity index (χ4v) is 2.11. The van der Waals surface area contributed by atoms with E-state index in [1.807, 2.05) is 0 Å². The van der Waals surface area contributed by atoms with E-state index >= 15 is 0 Å². The van der Waals surface area contributed by atoms with Crippen LogP contribution in [0, 0.1) is 6.92 Å². The molecule has 0 saturated carbocycles. The Morgan fingerprint density at radius 2 is 2.04 bits per heavy atom. The molecule has 122 valence electrons. The monoisotopic (exact) mass is 337 g/mol. The molecule has 1 atom stereocenters. The van der Waals surface area contributed by atoms with Gasteiger partial charge < -0.3 is 15.2 Å². The van der Waals surface area contributed by atoms with E-state index in [4.69, 9.17) is 21.4 Å². The van der Waals surface area contributed by atoms with Crippen molar-refractivity contribution in [2.45, 2.75) is 13.0 Å². The fraction of sp³-hybridized carbons (Fsp3) is 0.267. The van der Waals surface area contributed by atoms with E-state index in [-0.39, 0.29) is 6.61 Å². The zero-order valence-electron chi connectivity index (χ0n) is 12.6. The van der Waals surface area contributed by atoms with Gasteiger partial charge in [-0.15, -0.1) is 0 Å². The number of hydrogen-bond donors (Lipinski definition) is 2. The first-order valence-electron chi connectivity index (χ1n) is 6.77. The molecule has 7 nitrogen and oxygen atoms in total. The average Bonchev–Trinajstić information content (AvgIpc) is 2.89. The lowest BCUT2D eigenvalue weighted by molar-refractivity contribution is -0.140. The molecule has 2 N–H and O–H groups in total. The average molecular weight is 338 g/mol. The van der Waals surface area contributed by atoms with E-state index in [1.165, 1.54) is 11.8 Å². The Kier molecular flexibility index (Phi) is 5.36. The Hall–Kier alpha value is -2.38. The summed E-state index contributed by atoms with van der Waals surface area (Å²) < 4.78 is 6.32. The zero-order valence-corrected chi connectivity index (χ0v) is 13.4. The highest BCUT2D eigenvalue weighted by Gasteiger charge is 2.22. The molecule has 23 heavy (non-hydrogen) atoms. The molecule has 1 unspecified atom stereocenters. The zero-order chi connectivity index (χ0) is 17.0. The van der Waals surface area contributed by atoms with E-state index < -0.39 is 17.9 Å². The Labute approximate surface area is 137 Å². The lowest BCUT2D eigenvalue weighted by Gasteiger charge is -2.12. The molecule has 8 heteroatoms. The summed E-state index contributed by atoms with van der Waals surface area (Å²) in [5.74, 6) is -1.69. The Morgan fingerprint density at radius 3 is 2.61 bits per heavy atom. The van der Waals surface area contributed by atoms with Gasteiger partial charge in [-0.25, -0.2) is 9.48 Å². The van der Waals surface area contributed by atoms with Gasteiger partial charge in [0.05, 0.1) is 23.6 Å². The maximum Gasteiger partial charge on any atom is 0.328 e. The molecule has 1 aromatic heterocycles. The molecular formula is C15H16ClN3O4. The van der Waals surface area contributed by atoms with E-state index in [9.17, 15) is 9.59 Å². The number of aryl methyl sites for hydroxylation is 1. The van der Waals surface area contributed by atoms with Crippen LogP contribution in [0.25, 0.3) is 5.69 Å². The smallest absolute Gasteiger partial charge is 0.328 e. The number of rotatable bonds is 6. The molecule has 1 heterocycles. The summed E-state index contributed by atoms with van der Waals surface area (Å²) in [7, 11) is 1.37. The van der Waals surface area contributed by atoms with Crippen LogP contribution in [0.3, 0.4) is 0 Å². The second kappa shape index (κ2) is 7.26. The van der Waals surface area contributed by atoms with Gasteiger partial charge >= 0.3 is 5.97 Å². The van der Waals surface area contributed by atoms with E-state index in [0.717, 1.165) is 5.69 Å². The summed E-state index contributed by atoms with van der Waals surface area (Å²) in [5.41, 5.74) is 1.52. The van der Waals surface area contributed by atoms with Crippen LogP contribution in [0.1, 0.15) is 16.1 Å². The van der Waals surface area contributed by atoms with Crippen LogP contribution in [0.2, 0.25) is 5.02 Å². The van der Waals surface area contributed by atoms with Gasteiger partial charge in [0.1, 0.15) is 0 Å². The van der Waals surface area contributed by atoms with Gasteiger partial charge in [-0.05, 0) is 31.2 Å². The van der Waals surface area contributed by atoms with Gasteiger partial charge in [0.25, 0.3) is 5.91 Å². The SMILES string of the molecule is COCC(NC(=O)c1cn(-c2ccc(Cl)cc2)nc1C)C(=O)O. The topological polar surface area (TPSA) is 93.5 Å². The number of amides is 1. The van der Waals surface area contributed by atoms with Crippen LogP contribution in [-0.4, -0.2) is 46.5 Å². The molecule has 0 saturated heterocycles. The van der Waals surface area contributed by atoms with Crippen LogP contribution in [0.4, 0.5) is 0 Å². The number of benzene rings is 1. The van der Waals surface area contributed by atoms with Gasteiger partial charge in [-0.2, -0.15) is 5.10 Å². The number of carbonyl (C=O) groups is 2. The van der Waals surface area contributed by atoms with Crippen LogP contribution < -0.4 is 5.32 Å². The van der Waals surface area contributed by atoms with Gasteiger partial charge in [0.2, 0.25) is 0 Å². The highest BCUT2D eigenvalue weighted by atomic mass is 35.5. The number of nitrogens with zero attached hydrogens (tertiary/aromatic N) is 2. The minimum absolute atomic E-state index is 0.120. The van der Waals surface area contributed by atoms with Gasteiger partial charge in [0.15, 0.2) is 6.04 Å². The normalized spacial score (nSPS) is 12.0. The number of aliphatic carboxylic acids is 1. The number of ether oxygens (including phenoxy) is 1. The van der Waals surface area contributed by atoms with E-state index in [1.54, 1.807) is 37.4 Å². The van der Waals surface area contributed by atoms with Crippen molar-refractivity contribution in [3.05, 3.63) is 46.7 Å². The molecule has 0 aliphatic carbocycles. The molecule has 0 bridgehead atoms. The molecule has 2 rings (SSSR count). The maximum atomic E-state index is 12.2. The second-order valence-corrected chi connectivity index (χ2v) is 5.31. The number of hydrogen-bond acceptors (Lipinski definition) is 4. The summed E-state index contributed by atoms with van der Waals surface area (Å²) in [6.45, 7) is 1.55. The van der Waals surface area contributed by atoms with Crippen molar-refractivity contribution >= 4 is 23.5 Å². The molecule has 0 spiro atoms. The lowest BCUT2D eigenvalue weighted by Crippen LogP contribution is -2.43. The van der Waals surface area contributed by atoms with Crippen molar-refractivity contribution in [2.75, 3.05) is 13.7 Å². The first kappa shape index (κ1) is 17.0. The van der Waals surface area contributed by atoms with Gasteiger partial charge in [-0.3, -0.25) is 4.79 Å². The number of nitrogens with one attached hydrogen (secondary N) is 1. The maximum absolute atomic E-state index is 12.2. The minimum atomic E-state index is -1.16. The Balaban J connectivity index is 2.21. The number of halogens is 1. The molecule has 0 fully saturated rings. The third-order valence-electron chi connectivity index (χ3n) is 3.17. The summed E-state index contributed by atoms with van der Waals surface area (Å²) in [4.78, 5) is 23.3. The summed E-state index contributed by atoms with van der Waals surface area (Å²) in [6.07, 6.45) is 1.54. The van der Waals surface area contributed by atoms with E-state index in [2.05, 4.69) is 10.4 Å². The molecule has 2 aromatic rings. The van der Waals surface area contributed by atoms with Crippen LogP contribution >= 0.6 is 11.6 Å². The number of carboxylic acids is 1. The molecular weight excluding hydrogens is 322 g/mol. The van der Waals surface area contributed by atoms with Crippen molar-refractivity contribution < 1.29 is 19.4 Å². The summed E-state index contributed by atoms with van der Waals surface area (Å²) in [6, 6.07) is 5.84. The first-order chi connectivity index (χ1) is 10.9. The third-order valence-corrected chi connectivity index (χ3v) is 3.42. The summed E-state index contributed by atoms with van der Waals surface area (Å²) in [5, 5.41) is 16.3. The van der Waals surface area contributed by atoms with Crippen molar-refractivity contribution in [2.24, 2.45) is 0 Å². The third kappa shape index (κ3) is 4.08. The van der Waals surface area contributed by atoms with Gasteiger partial charge in [-0.1, -0.05) is 11.6 Å². The number of methoxy groups -OCH3 is 1. The first-order valence-corrected chi connectivity index (χ1v) is 7.15. The number of aromatic nitrogens is 2. The van der Waals surface area contributed by atoms with E-state index in [0.29, 0.717) is 16.3 Å². The van der Waals surface area contributed by atoms with Gasteiger partial charge in [0, 0.05) is 18.3 Å². The van der Waals surface area contributed by atoms with Crippen LogP contribution in [0.5, 0.6) is 0 Å². The van der Waals surface area contributed by atoms with Crippen molar-refractivity contribution in [3.63, 3.8) is 0 Å². The summed E-state index contributed by atoms with van der Waals surface area (Å²) >= 11 is 5.84. The second-order valence-electron chi connectivity index (χ2n) is 4.87. The predicted molar refractivity (Wildman–Crippen MR) is 84.1 cm³/mol. The van der Waals surface area contributed by atoms with Crippen molar-refractivity contribution in [3.8, 4) is 5.69 Å². The molecule has 0 aliphatic heterocycles. The molecule has 1 aromatic carbocycles. The van der Waals surface area contributed by atoms with Crippen molar-refractivity contribution in [1.82, 2.24) is 15.1 Å². The standard InChI is InChI=1S/C15H16ClN3O4/c1-9-12(14(20)17-13(8-23-2)15(21)22)7-19(18-9)11-5-3-10(16)4-6-11/h3-7,13H,8H2,1-2H3,(H,17,20)(H,21,22). The van der Waals surface area contributed by atoms with Crippen LogP contribution in [-0.2, 0) is 9.53 Å². The lowest BCUT2D eigenvalue weighted by atomic mass is 10.2. The van der Waals surface area contributed by atoms with Crippen molar-refractivity contribution in [1.29, 1.82) is 0 Å². The Morgan fingerprint density at radius 1 is 1.39 bits per heavy atom. The van der Waals surface area contributed by atoms with Crippen LogP contribution in [0.15, 0.2) is 30.5 Å². The number of carboxylic acid groups (broad SMARTS) is 1. The highest BCUT2D eigenvalue weighted by molar-refractivity contribution is 6.30.